The van der Waals surface area contributed by atoms with Gasteiger partial charge in [-0.05, 0) is 0 Å². The highest BCUT2D eigenvalue weighted by atomic mass is 16.4. The number of nitrogens with two attached hydrogens (primary N) is 1. The fourth-order valence-electron chi connectivity index (χ4n) is 1.51. The highest BCUT2D eigenvalue weighted by Crippen LogP contribution is 1.99. The van der Waals surface area contributed by atoms with E-state index in [-0.39, 0.29) is 25.3 Å². The average molecular weight is 283 g/mol. The van der Waals surface area contributed by atoms with Gasteiger partial charge in [-0.25, -0.2) is 4.98 Å². The van der Waals surface area contributed by atoms with Gasteiger partial charge in [-0.15, -0.1) is 0 Å². The molecule has 110 valence electrons. The minimum atomic E-state index is -1.16. The standard InChI is InChI=1S/C11H17N5O4/c12-2-1-9(17)16-8(3-7-4-13-6-15-7)11(20)14-5-10(18)19/h4,6,8H,1-3,5,12H2,(H,13,15)(H,14,20)(H,16,17)(H,18,19)/t8-/m0/s1. The van der Waals surface area contributed by atoms with E-state index in [1.165, 1.54) is 12.5 Å². The number of carboxylic acid groups (broad SMARTS) is 1. The third kappa shape index (κ3) is 5.48. The summed E-state index contributed by atoms with van der Waals surface area (Å²) >= 11 is 0. The quantitative estimate of drug-likeness (QED) is 0.372. The van der Waals surface area contributed by atoms with Crippen LogP contribution < -0.4 is 16.4 Å². The molecule has 9 heteroatoms. The Bertz CT molecular complexity index is 459. The molecule has 1 aromatic rings. The van der Waals surface area contributed by atoms with Gasteiger partial charge in [0, 0.05) is 31.3 Å². The summed E-state index contributed by atoms with van der Waals surface area (Å²) in [6.07, 6.45) is 3.24. The van der Waals surface area contributed by atoms with E-state index >= 15 is 0 Å². The molecule has 0 aromatic carbocycles. The fraction of sp³-hybridized carbons (Fsp3) is 0.455. The van der Waals surface area contributed by atoms with Crippen molar-refractivity contribution in [2.75, 3.05) is 13.1 Å². The molecule has 0 spiro atoms. The number of carboxylic acids is 1. The van der Waals surface area contributed by atoms with E-state index in [4.69, 9.17) is 10.8 Å². The summed E-state index contributed by atoms with van der Waals surface area (Å²) < 4.78 is 0. The third-order valence-corrected chi connectivity index (χ3v) is 2.42. The maximum Gasteiger partial charge on any atom is 0.322 e. The first-order valence-corrected chi connectivity index (χ1v) is 5.99. The Labute approximate surface area is 114 Å². The first-order valence-electron chi connectivity index (χ1n) is 5.99. The van der Waals surface area contributed by atoms with Gasteiger partial charge < -0.3 is 26.5 Å². The second kappa shape index (κ2) is 7.89. The molecule has 0 saturated heterocycles. The zero-order valence-electron chi connectivity index (χ0n) is 10.8. The van der Waals surface area contributed by atoms with Crippen LogP contribution in [-0.2, 0) is 20.8 Å². The molecule has 9 nitrogen and oxygen atoms in total. The third-order valence-electron chi connectivity index (χ3n) is 2.42. The maximum absolute atomic E-state index is 11.9. The van der Waals surface area contributed by atoms with Crippen LogP contribution in [0, 0.1) is 0 Å². The van der Waals surface area contributed by atoms with Crippen LogP contribution in [0.1, 0.15) is 12.1 Å². The summed E-state index contributed by atoms with van der Waals surface area (Å²) in [5, 5.41) is 13.3. The second-order valence-corrected chi connectivity index (χ2v) is 4.05. The first-order chi connectivity index (χ1) is 9.52. The van der Waals surface area contributed by atoms with E-state index in [9.17, 15) is 14.4 Å². The van der Waals surface area contributed by atoms with Gasteiger partial charge >= 0.3 is 5.97 Å². The Kier molecular flexibility index (Phi) is 6.17. The molecule has 20 heavy (non-hydrogen) atoms. The number of hydrogen-bond acceptors (Lipinski definition) is 5. The van der Waals surface area contributed by atoms with E-state index in [1.54, 1.807) is 0 Å². The number of rotatable bonds is 8. The Morgan fingerprint density at radius 1 is 1.45 bits per heavy atom. The number of aliphatic carboxylic acids is 1. The first kappa shape index (κ1) is 15.6. The van der Waals surface area contributed by atoms with Gasteiger partial charge in [-0.1, -0.05) is 0 Å². The maximum atomic E-state index is 11.9. The lowest BCUT2D eigenvalue weighted by atomic mass is 10.1. The zero-order chi connectivity index (χ0) is 15.0. The largest absolute Gasteiger partial charge is 0.480 e. The summed E-state index contributed by atoms with van der Waals surface area (Å²) in [6, 6.07) is -0.881. The van der Waals surface area contributed by atoms with Gasteiger partial charge in [0.1, 0.15) is 12.6 Å². The molecule has 0 unspecified atom stereocenters. The molecule has 0 bridgehead atoms. The van der Waals surface area contributed by atoms with Crippen LogP contribution in [0.2, 0.25) is 0 Å². The SMILES string of the molecule is NCCC(=O)N[C@@H](Cc1cnc[nH]1)C(=O)NCC(=O)O. The van der Waals surface area contributed by atoms with Crippen molar-refractivity contribution in [3.63, 3.8) is 0 Å². The molecule has 1 atom stereocenters. The molecule has 0 radical (unpaired) electrons. The minimum absolute atomic E-state index is 0.0890. The molecule has 1 aromatic heterocycles. The molecule has 0 fully saturated rings. The number of imidazole rings is 1. The smallest absolute Gasteiger partial charge is 0.322 e. The number of H-pyrrole nitrogens is 1. The molecular weight excluding hydrogens is 266 g/mol. The molecule has 1 heterocycles. The number of nitrogens with one attached hydrogen (secondary N) is 3. The van der Waals surface area contributed by atoms with Gasteiger partial charge in [0.2, 0.25) is 11.8 Å². The van der Waals surface area contributed by atoms with Crippen LogP contribution in [0.5, 0.6) is 0 Å². The van der Waals surface area contributed by atoms with Crippen molar-refractivity contribution in [2.24, 2.45) is 5.73 Å². The van der Waals surface area contributed by atoms with Crippen LogP contribution in [0.3, 0.4) is 0 Å². The lowest BCUT2D eigenvalue weighted by Gasteiger charge is -2.17. The number of amides is 2. The molecule has 0 aliphatic heterocycles. The summed E-state index contributed by atoms with van der Waals surface area (Å²) in [6.45, 7) is -0.343. The molecule has 2 amide bonds. The topological polar surface area (TPSA) is 150 Å². The van der Waals surface area contributed by atoms with E-state index in [2.05, 4.69) is 20.6 Å². The number of hydrogen-bond donors (Lipinski definition) is 5. The Hall–Kier alpha value is -2.42. The van der Waals surface area contributed by atoms with Gasteiger partial charge in [0.25, 0.3) is 0 Å². The van der Waals surface area contributed by atoms with Crippen molar-refractivity contribution < 1.29 is 19.5 Å². The van der Waals surface area contributed by atoms with Crippen LogP contribution in [0.4, 0.5) is 0 Å². The van der Waals surface area contributed by atoms with Crippen LogP contribution in [-0.4, -0.2) is 52.0 Å². The predicted octanol–water partition coefficient (Wildman–Crippen LogP) is -2.01. The monoisotopic (exact) mass is 283 g/mol. The van der Waals surface area contributed by atoms with E-state index < -0.39 is 24.5 Å². The predicted molar refractivity (Wildman–Crippen MR) is 68.5 cm³/mol. The zero-order valence-corrected chi connectivity index (χ0v) is 10.8. The number of aromatic amines is 1. The highest BCUT2D eigenvalue weighted by Gasteiger charge is 2.21. The van der Waals surface area contributed by atoms with Crippen molar-refractivity contribution in [1.29, 1.82) is 0 Å². The molecule has 0 aliphatic carbocycles. The van der Waals surface area contributed by atoms with Gasteiger partial charge in [0.15, 0.2) is 0 Å². The number of carbonyl (C=O) groups is 3. The highest BCUT2D eigenvalue weighted by molar-refractivity contribution is 5.89. The van der Waals surface area contributed by atoms with Crippen LogP contribution >= 0.6 is 0 Å². The normalized spacial score (nSPS) is 11.7. The van der Waals surface area contributed by atoms with Gasteiger partial charge in [-0.3, -0.25) is 14.4 Å². The van der Waals surface area contributed by atoms with Gasteiger partial charge in [0.05, 0.1) is 6.33 Å². The number of nitrogens with zero attached hydrogens (tertiary/aromatic N) is 1. The minimum Gasteiger partial charge on any atom is -0.480 e. The molecular formula is C11H17N5O4. The Morgan fingerprint density at radius 3 is 2.75 bits per heavy atom. The van der Waals surface area contributed by atoms with Crippen molar-refractivity contribution in [2.45, 2.75) is 18.9 Å². The van der Waals surface area contributed by atoms with E-state index in [0.717, 1.165) is 0 Å². The summed E-state index contributed by atoms with van der Waals surface area (Å²) in [5.74, 6) is -2.11. The van der Waals surface area contributed by atoms with E-state index in [1.807, 2.05) is 0 Å². The van der Waals surface area contributed by atoms with Crippen molar-refractivity contribution in [1.82, 2.24) is 20.6 Å². The Morgan fingerprint density at radius 2 is 2.20 bits per heavy atom. The molecule has 1 rings (SSSR count). The summed E-state index contributed by atoms with van der Waals surface area (Å²) in [4.78, 5) is 40.4. The lowest BCUT2D eigenvalue weighted by molar-refractivity contribution is -0.138. The summed E-state index contributed by atoms with van der Waals surface area (Å²) in [7, 11) is 0. The number of carbonyl (C=O) groups excluding carboxylic acids is 2. The van der Waals surface area contributed by atoms with Crippen LogP contribution in [0.25, 0.3) is 0 Å². The molecule has 0 aliphatic rings. The fourth-order valence-corrected chi connectivity index (χ4v) is 1.51. The van der Waals surface area contributed by atoms with Crippen LogP contribution in [0.15, 0.2) is 12.5 Å². The van der Waals surface area contributed by atoms with Crippen molar-refractivity contribution in [3.05, 3.63) is 18.2 Å². The van der Waals surface area contributed by atoms with Crippen molar-refractivity contribution in [3.8, 4) is 0 Å². The van der Waals surface area contributed by atoms with Gasteiger partial charge in [-0.2, -0.15) is 0 Å². The second-order valence-electron chi connectivity index (χ2n) is 4.05. The average Bonchev–Trinajstić information content (AvgIpc) is 2.88. The van der Waals surface area contributed by atoms with Crippen molar-refractivity contribution >= 4 is 17.8 Å². The Balaban J connectivity index is 2.64. The summed E-state index contributed by atoms with van der Waals surface area (Å²) in [5.41, 5.74) is 5.91. The molecule has 6 N–H and O–H groups in total. The number of aromatic nitrogens is 2. The van der Waals surface area contributed by atoms with E-state index in [0.29, 0.717) is 5.69 Å². The lowest BCUT2D eigenvalue weighted by Crippen LogP contribution is -2.49. The molecule has 0 saturated carbocycles.